The van der Waals surface area contributed by atoms with Gasteiger partial charge in [0.05, 0.1) is 7.11 Å². The zero-order valence-corrected chi connectivity index (χ0v) is 35.5. The van der Waals surface area contributed by atoms with Crippen LogP contribution in [-0.2, 0) is 42.9 Å². The number of aliphatic carboxylic acids is 3. The van der Waals surface area contributed by atoms with Crippen LogP contribution in [-0.4, -0.2) is 189 Å². The fourth-order valence-electron chi connectivity index (χ4n) is 7.48. The molecule has 7 rings (SSSR count). The smallest absolute Gasteiger partial charge is 0.335 e. The van der Waals surface area contributed by atoms with Gasteiger partial charge in [-0.15, -0.1) is 0 Å². The molecule has 0 spiro atoms. The summed E-state index contributed by atoms with van der Waals surface area (Å²) in [6.45, 7) is 0. The van der Waals surface area contributed by atoms with Gasteiger partial charge in [-0.2, -0.15) is 0 Å². The second-order valence-electron chi connectivity index (χ2n) is 15.7. The van der Waals surface area contributed by atoms with Crippen LogP contribution in [0, 0.1) is 0 Å². The minimum absolute atomic E-state index is 0.0331. The molecule has 0 aliphatic carbocycles. The lowest BCUT2D eigenvalue weighted by molar-refractivity contribution is -0.350. The van der Waals surface area contributed by atoms with E-state index in [4.69, 9.17) is 42.3 Å². The zero-order chi connectivity index (χ0) is 51.0. The number of aliphatic hydroxyl groups excluding tert-OH is 7. The van der Waals surface area contributed by atoms with E-state index in [1.165, 1.54) is 37.5 Å². The highest BCUT2D eigenvalue weighted by atomic mass is 16.8. The van der Waals surface area contributed by atoms with Crippen LogP contribution in [0.25, 0.3) is 28.4 Å². The standard InChI is InChI=1S/C43H42O27/c1-62-22-8-13(2-5-16(22)44)3-7-24(48)66-36-30(53)28(51)35(40(60)61)69-43(36)70-37-31(54)29(52)34(39(58)59)68-42(37)63-15-10-18(46)25-19(47)12-21(64-23(25)11-15)14-4-6-20(17(45)9-14)65-41-32(55)26(49)27(50)33(67-41)38(56)57/h2-12,26-37,41-46,49-55H,1H3,(H,56,57)(H,58,59)(H,60,61)/b7-3+. The maximum absolute atomic E-state index is 13.3. The first-order valence-corrected chi connectivity index (χ1v) is 20.4. The van der Waals surface area contributed by atoms with Gasteiger partial charge in [-0.3, -0.25) is 4.79 Å². The van der Waals surface area contributed by atoms with Gasteiger partial charge in [-0.05, 0) is 42.0 Å². The Kier molecular flexibility index (Phi) is 14.8. The molecule has 27 nitrogen and oxygen atoms in total. The van der Waals surface area contributed by atoms with Crippen LogP contribution >= 0.6 is 0 Å². The molecule has 4 aromatic rings. The van der Waals surface area contributed by atoms with Gasteiger partial charge in [-0.1, -0.05) is 6.07 Å². The number of carbonyl (C=O) groups excluding carboxylic acids is 1. The Labute approximate surface area is 389 Å². The number of aliphatic hydroxyl groups is 7. The average Bonchev–Trinajstić information content (AvgIpc) is 3.30. The summed E-state index contributed by atoms with van der Waals surface area (Å²) in [5.74, 6) is -9.63. The summed E-state index contributed by atoms with van der Waals surface area (Å²) in [5.41, 5.74) is -1.08. The van der Waals surface area contributed by atoms with Crippen LogP contribution < -0.4 is 19.6 Å². The molecule has 15 atom stereocenters. The summed E-state index contributed by atoms with van der Waals surface area (Å²) < 4.78 is 49.0. The number of esters is 1. The maximum Gasteiger partial charge on any atom is 0.335 e. The number of fused-ring (bicyclic) bond motifs is 1. The summed E-state index contributed by atoms with van der Waals surface area (Å²) in [6, 6.07) is 9.89. The highest BCUT2D eigenvalue weighted by molar-refractivity contribution is 5.88. The fraction of sp³-hybridized carbons (Fsp3) is 0.372. The molecule has 1 aromatic heterocycles. The van der Waals surface area contributed by atoms with Crippen LogP contribution in [0.3, 0.4) is 0 Å². The molecule has 3 aliphatic heterocycles. The number of carboxylic acid groups (broad SMARTS) is 3. The van der Waals surface area contributed by atoms with Crippen molar-refractivity contribution < 1.29 is 128 Å². The van der Waals surface area contributed by atoms with Crippen LogP contribution in [0.5, 0.6) is 34.5 Å². The Morgan fingerprint density at radius 1 is 0.586 bits per heavy atom. The number of carboxylic acids is 3. The second kappa shape index (κ2) is 20.4. The number of hydrogen-bond acceptors (Lipinski definition) is 24. The molecule has 0 radical (unpaired) electrons. The van der Waals surface area contributed by atoms with E-state index in [0.717, 1.165) is 36.4 Å². The van der Waals surface area contributed by atoms with Crippen molar-refractivity contribution in [3.05, 3.63) is 76.5 Å². The number of aromatic hydroxyl groups is 3. The fourth-order valence-corrected chi connectivity index (χ4v) is 7.48. The number of phenolic OH excluding ortho intramolecular Hbond substituents is 3. The molecule has 3 fully saturated rings. The van der Waals surface area contributed by atoms with E-state index >= 15 is 0 Å². The molecular formula is C43H42O27. The van der Waals surface area contributed by atoms with E-state index in [1.54, 1.807) is 0 Å². The topological polar surface area (TPSA) is 435 Å². The van der Waals surface area contributed by atoms with Gasteiger partial charge in [0, 0.05) is 29.8 Å². The summed E-state index contributed by atoms with van der Waals surface area (Å²) in [6.07, 6.45) is -30.6. The van der Waals surface area contributed by atoms with Crippen LogP contribution in [0.4, 0.5) is 0 Å². The van der Waals surface area contributed by atoms with Gasteiger partial charge in [-0.25, -0.2) is 19.2 Å². The Morgan fingerprint density at radius 2 is 1.19 bits per heavy atom. The number of hydrogen-bond donors (Lipinski definition) is 13. The molecule has 4 heterocycles. The minimum Gasteiger partial charge on any atom is -0.507 e. The molecule has 0 amide bonds. The molecule has 3 aliphatic rings. The predicted molar refractivity (Wildman–Crippen MR) is 222 cm³/mol. The van der Waals surface area contributed by atoms with E-state index in [2.05, 4.69) is 0 Å². The third kappa shape index (κ3) is 10.2. The van der Waals surface area contributed by atoms with E-state index in [-0.39, 0.29) is 22.8 Å². The molecule has 0 saturated carbocycles. The third-order valence-electron chi connectivity index (χ3n) is 11.1. The van der Waals surface area contributed by atoms with Gasteiger partial charge in [0.2, 0.25) is 12.6 Å². The Hall–Kier alpha value is -7.15. The van der Waals surface area contributed by atoms with Gasteiger partial charge >= 0.3 is 23.9 Å². The molecule has 3 aromatic carbocycles. The molecule has 13 N–H and O–H groups in total. The Balaban J connectivity index is 1.17. The van der Waals surface area contributed by atoms with Crippen molar-refractivity contribution >= 4 is 40.9 Å². The summed E-state index contributed by atoms with van der Waals surface area (Å²) in [7, 11) is 1.27. The maximum atomic E-state index is 13.3. The lowest BCUT2D eigenvalue weighted by Gasteiger charge is -2.45. The quantitative estimate of drug-likeness (QED) is 0.0452. The van der Waals surface area contributed by atoms with Gasteiger partial charge in [0.15, 0.2) is 65.2 Å². The van der Waals surface area contributed by atoms with Gasteiger partial charge < -0.3 is 109 Å². The molecule has 70 heavy (non-hydrogen) atoms. The van der Waals surface area contributed by atoms with E-state index in [0.29, 0.717) is 5.56 Å². The molecule has 3 saturated heterocycles. The average molecular weight is 991 g/mol. The van der Waals surface area contributed by atoms with Crippen LogP contribution in [0.15, 0.2) is 69.9 Å². The summed E-state index contributed by atoms with van der Waals surface area (Å²) in [5, 5.41) is 134. The lowest BCUT2D eigenvalue weighted by atomic mass is 9.96. The van der Waals surface area contributed by atoms with Crippen molar-refractivity contribution in [1.29, 1.82) is 0 Å². The van der Waals surface area contributed by atoms with Crippen molar-refractivity contribution in [3.63, 3.8) is 0 Å². The Bertz CT molecular complexity index is 2720. The summed E-state index contributed by atoms with van der Waals surface area (Å²) in [4.78, 5) is 62.1. The number of phenols is 3. The molecule has 0 bridgehead atoms. The van der Waals surface area contributed by atoms with Crippen molar-refractivity contribution in [1.82, 2.24) is 0 Å². The van der Waals surface area contributed by atoms with Crippen molar-refractivity contribution in [2.24, 2.45) is 0 Å². The SMILES string of the molecule is COc1cc(/C=C/C(=O)OC2C(OC3C(Oc4cc(O)c5c(=O)cc(-c6ccc(OC7OC(C(=O)O)C(O)C(O)C7O)c(O)c6)oc5c4)OC(C(=O)O)C(O)C3O)OC(C(=O)O)C(O)C2O)ccc1O. The second-order valence-corrected chi connectivity index (χ2v) is 15.7. The third-order valence-corrected chi connectivity index (χ3v) is 11.1. The Morgan fingerprint density at radius 3 is 1.80 bits per heavy atom. The van der Waals surface area contributed by atoms with Gasteiger partial charge in [0.1, 0.15) is 71.0 Å². The number of carbonyl (C=O) groups is 4. The molecule has 15 unspecified atom stereocenters. The number of ether oxygens (including phenoxy) is 8. The highest BCUT2D eigenvalue weighted by Crippen LogP contribution is 2.38. The van der Waals surface area contributed by atoms with Crippen LogP contribution in [0.1, 0.15) is 5.56 Å². The van der Waals surface area contributed by atoms with Crippen molar-refractivity contribution in [3.8, 4) is 45.8 Å². The highest BCUT2D eigenvalue weighted by Gasteiger charge is 2.55. The van der Waals surface area contributed by atoms with Crippen molar-refractivity contribution in [2.75, 3.05) is 7.11 Å². The lowest BCUT2D eigenvalue weighted by Crippen LogP contribution is -2.66. The van der Waals surface area contributed by atoms with Crippen LogP contribution in [0.2, 0.25) is 0 Å². The largest absolute Gasteiger partial charge is 0.507 e. The molecule has 376 valence electrons. The van der Waals surface area contributed by atoms with E-state index in [9.17, 15) is 90.4 Å². The first kappa shape index (κ1) is 50.7. The first-order chi connectivity index (χ1) is 33.1. The van der Waals surface area contributed by atoms with Crippen molar-refractivity contribution in [2.45, 2.75) is 92.1 Å². The normalized spacial score (nSPS) is 31.2. The minimum atomic E-state index is -2.35. The van der Waals surface area contributed by atoms with E-state index < -0.39 is 155 Å². The van der Waals surface area contributed by atoms with E-state index in [1.807, 2.05) is 0 Å². The zero-order valence-electron chi connectivity index (χ0n) is 35.5. The molecular weight excluding hydrogens is 948 g/mol. The molecule has 27 heteroatoms. The number of benzene rings is 3. The predicted octanol–water partition coefficient (Wildman–Crippen LogP) is -2.69. The summed E-state index contributed by atoms with van der Waals surface area (Å²) >= 11 is 0. The monoisotopic (exact) mass is 990 g/mol. The first-order valence-electron chi connectivity index (χ1n) is 20.4. The number of methoxy groups -OCH3 is 1. The van der Waals surface area contributed by atoms with Gasteiger partial charge in [0.25, 0.3) is 0 Å². The number of rotatable bonds is 14.